The van der Waals surface area contributed by atoms with Crippen LogP contribution < -0.4 is 11.1 Å². The van der Waals surface area contributed by atoms with E-state index in [4.69, 9.17) is 5.73 Å². The molecule has 0 atom stereocenters. The van der Waals surface area contributed by atoms with Gasteiger partial charge in [-0.15, -0.1) is 0 Å². The van der Waals surface area contributed by atoms with Crippen LogP contribution in [0, 0.1) is 0 Å². The minimum atomic E-state index is -0.202. The third kappa shape index (κ3) is 4.95. The molecule has 3 N–H and O–H groups in total. The number of hydrogen-bond acceptors (Lipinski definition) is 3. The molecule has 1 aliphatic rings. The van der Waals surface area contributed by atoms with Crippen LogP contribution in [0.15, 0.2) is 30.3 Å². The van der Waals surface area contributed by atoms with Crippen LogP contribution >= 0.6 is 0 Å². The van der Waals surface area contributed by atoms with E-state index in [2.05, 4.69) is 5.32 Å². The zero-order valence-electron chi connectivity index (χ0n) is 12.0. The van der Waals surface area contributed by atoms with Gasteiger partial charge in [-0.2, -0.15) is 0 Å². The minimum absolute atomic E-state index is 0.118. The number of nitrogens with one attached hydrogen (secondary N) is 1. The second-order valence-electron chi connectivity index (χ2n) is 5.13. The predicted molar refractivity (Wildman–Crippen MR) is 83.3 cm³/mol. The molecular weight excluding hydrogens is 266 g/mol. The van der Waals surface area contributed by atoms with Crippen LogP contribution in [0.5, 0.6) is 0 Å². The van der Waals surface area contributed by atoms with E-state index in [9.17, 15) is 9.59 Å². The summed E-state index contributed by atoms with van der Waals surface area (Å²) >= 11 is 0. The molecule has 0 bridgehead atoms. The van der Waals surface area contributed by atoms with Crippen molar-refractivity contribution >= 4 is 23.6 Å². The topological polar surface area (TPSA) is 75.4 Å². The summed E-state index contributed by atoms with van der Waals surface area (Å²) in [6.07, 6.45) is 5.68. The van der Waals surface area contributed by atoms with E-state index in [0.717, 1.165) is 31.5 Å². The molecule has 0 aromatic heterocycles. The number of nitrogens with two attached hydrogens (primary N) is 1. The Morgan fingerprint density at radius 1 is 1.29 bits per heavy atom. The van der Waals surface area contributed by atoms with E-state index in [1.807, 2.05) is 17.0 Å². The van der Waals surface area contributed by atoms with Crippen molar-refractivity contribution in [1.82, 2.24) is 10.2 Å². The maximum atomic E-state index is 11.8. The molecule has 1 aromatic carbocycles. The fourth-order valence-corrected chi connectivity index (χ4v) is 2.31. The Kier molecular flexibility index (Phi) is 5.37. The van der Waals surface area contributed by atoms with Crippen molar-refractivity contribution in [3.63, 3.8) is 0 Å². The highest BCUT2D eigenvalue weighted by Crippen LogP contribution is 2.09. The lowest BCUT2D eigenvalue weighted by Crippen LogP contribution is -2.32. The first-order valence-corrected chi connectivity index (χ1v) is 7.24. The quantitative estimate of drug-likeness (QED) is 0.635. The van der Waals surface area contributed by atoms with E-state index in [1.54, 1.807) is 18.2 Å². The summed E-state index contributed by atoms with van der Waals surface area (Å²) in [4.78, 5) is 25.3. The van der Waals surface area contributed by atoms with Gasteiger partial charge in [-0.25, -0.2) is 0 Å². The molecule has 1 aromatic rings. The highest BCUT2D eigenvalue weighted by Gasteiger charge is 2.17. The Bertz CT molecular complexity index is 534. The maximum absolute atomic E-state index is 11.8. The van der Waals surface area contributed by atoms with Gasteiger partial charge in [0.1, 0.15) is 0 Å². The summed E-state index contributed by atoms with van der Waals surface area (Å²) in [6, 6.07) is 7.29. The molecular formula is C16H21N3O2. The van der Waals surface area contributed by atoms with Crippen molar-refractivity contribution < 1.29 is 9.59 Å². The van der Waals surface area contributed by atoms with Gasteiger partial charge in [-0.05, 0) is 36.6 Å². The summed E-state index contributed by atoms with van der Waals surface area (Å²) in [5, 5.41) is 2.72. The second kappa shape index (κ2) is 7.47. The summed E-state index contributed by atoms with van der Waals surface area (Å²) < 4.78 is 0. The monoisotopic (exact) mass is 287 g/mol. The number of nitrogens with zero attached hydrogens (tertiary/aromatic N) is 1. The Labute approximate surface area is 124 Å². The molecule has 2 amide bonds. The number of hydrogen-bond donors (Lipinski definition) is 2. The first-order valence-electron chi connectivity index (χ1n) is 7.24. The van der Waals surface area contributed by atoms with E-state index in [0.29, 0.717) is 18.7 Å². The molecule has 0 saturated carbocycles. The van der Waals surface area contributed by atoms with Crippen LogP contribution in [0.2, 0.25) is 0 Å². The van der Waals surface area contributed by atoms with Crippen LogP contribution in [0.25, 0.3) is 6.08 Å². The van der Waals surface area contributed by atoms with Crippen molar-refractivity contribution in [1.29, 1.82) is 0 Å². The highest BCUT2D eigenvalue weighted by atomic mass is 16.2. The van der Waals surface area contributed by atoms with Gasteiger partial charge in [0.05, 0.1) is 0 Å². The lowest BCUT2D eigenvalue weighted by Gasteiger charge is -2.14. The maximum Gasteiger partial charge on any atom is 0.244 e. The smallest absolute Gasteiger partial charge is 0.244 e. The molecule has 0 radical (unpaired) electrons. The summed E-state index contributed by atoms with van der Waals surface area (Å²) in [7, 11) is 0. The average molecular weight is 287 g/mol. The van der Waals surface area contributed by atoms with Gasteiger partial charge in [0.15, 0.2) is 0 Å². The minimum Gasteiger partial charge on any atom is -0.399 e. The molecule has 21 heavy (non-hydrogen) atoms. The van der Waals surface area contributed by atoms with Gasteiger partial charge in [0.2, 0.25) is 11.8 Å². The van der Waals surface area contributed by atoms with Crippen LogP contribution in [0.4, 0.5) is 5.69 Å². The summed E-state index contributed by atoms with van der Waals surface area (Å²) in [5.41, 5.74) is 7.20. The zero-order chi connectivity index (χ0) is 15.1. The van der Waals surface area contributed by atoms with Gasteiger partial charge in [-0.1, -0.05) is 12.1 Å². The molecule has 0 spiro atoms. The number of carbonyl (C=O) groups excluding carboxylic acids is 2. The molecule has 1 saturated heterocycles. The number of nitrogen functional groups attached to an aromatic ring is 1. The first kappa shape index (κ1) is 15.1. The number of carbonyl (C=O) groups is 2. The molecule has 1 heterocycles. The molecule has 5 nitrogen and oxygen atoms in total. The SMILES string of the molecule is Nc1cccc(/C=C/C(=O)NCCC(=O)N2CCCC2)c1. The third-order valence-corrected chi connectivity index (χ3v) is 3.43. The zero-order valence-corrected chi connectivity index (χ0v) is 12.0. The van der Waals surface area contributed by atoms with Gasteiger partial charge < -0.3 is 16.0 Å². The molecule has 1 fully saturated rings. The van der Waals surface area contributed by atoms with Crippen molar-refractivity contribution in [3.8, 4) is 0 Å². The number of amides is 2. The van der Waals surface area contributed by atoms with Crippen molar-refractivity contribution in [2.24, 2.45) is 0 Å². The van der Waals surface area contributed by atoms with E-state index in [1.165, 1.54) is 6.08 Å². The van der Waals surface area contributed by atoms with Crippen LogP contribution in [-0.4, -0.2) is 36.3 Å². The molecule has 0 aliphatic carbocycles. The van der Waals surface area contributed by atoms with Gasteiger partial charge in [0, 0.05) is 37.8 Å². The summed E-state index contributed by atoms with van der Waals surface area (Å²) in [6.45, 7) is 2.07. The Morgan fingerprint density at radius 2 is 2.05 bits per heavy atom. The second-order valence-corrected chi connectivity index (χ2v) is 5.13. The fraction of sp³-hybridized carbons (Fsp3) is 0.375. The van der Waals surface area contributed by atoms with Gasteiger partial charge in [-0.3, -0.25) is 9.59 Å². The van der Waals surface area contributed by atoms with Crippen LogP contribution in [0.3, 0.4) is 0 Å². The number of likely N-dealkylation sites (tertiary alicyclic amines) is 1. The van der Waals surface area contributed by atoms with Gasteiger partial charge >= 0.3 is 0 Å². The van der Waals surface area contributed by atoms with Gasteiger partial charge in [0.25, 0.3) is 0 Å². The lowest BCUT2D eigenvalue weighted by molar-refractivity contribution is -0.130. The molecule has 5 heteroatoms. The van der Waals surface area contributed by atoms with Crippen LogP contribution in [0.1, 0.15) is 24.8 Å². The fourth-order valence-electron chi connectivity index (χ4n) is 2.31. The standard InChI is InChI=1S/C16H21N3O2/c17-14-5-3-4-13(12-14)6-7-15(20)18-9-8-16(21)19-10-1-2-11-19/h3-7,12H,1-2,8-11,17H2,(H,18,20)/b7-6+. The van der Waals surface area contributed by atoms with E-state index >= 15 is 0 Å². The summed E-state index contributed by atoms with van der Waals surface area (Å²) in [5.74, 6) is -0.0840. The Morgan fingerprint density at radius 3 is 2.76 bits per heavy atom. The average Bonchev–Trinajstić information content (AvgIpc) is 2.99. The first-order chi connectivity index (χ1) is 10.1. The lowest BCUT2D eigenvalue weighted by atomic mass is 10.2. The van der Waals surface area contributed by atoms with Crippen molar-refractivity contribution in [2.45, 2.75) is 19.3 Å². The van der Waals surface area contributed by atoms with Crippen molar-refractivity contribution in [3.05, 3.63) is 35.9 Å². The van der Waals surface area contributed by atoms with E-state index < -0.39 is 0 Å². The number of anilines is 1. The molecule has 0 unspecified atom stereocenters. The third-order valence-electron chi connectivity index (χ3n) is 3.43. The van der Waals surface area contributed by atoms with Crippen LogP contribution in [-0.2, 0) is 9.59 Å². The van der Waals surface area contributed by atoms with E-state index in [-0.39, 0.29) is 11.8 Å². The largest absolute Gasteiger partial charge is 0.399 e. The Balaban J connectivity index is 1.71. The normalized spacial score (nSPS) is 14.6. The molecule has 1 aliphatic heterocycles. The molecule has 2 rings (SSSR count). The predicted octanol–water partition coefficient (Wildman–Crippen LogP) is 1.41. The highest BCUT2D eigenvalue weighted by molar-refractivity contribution is 5.92. The Hall–Kier alpha value is -2.30. The molecule has 112 valence electrons. The van der Waals surface area contributed by atoms with Crippen molar-refractivity contribution in [2.75, 3.05) is 25.4 Å². The number of rotatable bonds is 5. The number of benzene rings is 1.